The number of hydrogen-bond acceptors (Lipinski definition) is 4. The predicted octanol–water partition coefficient (Wildman–Crippen LogP) is 1.13. The number of rotatable bonds is 6. The third kappa shape index (κ3) is 3.85. The summed E-state index contributed by atoms with van der Waals surface area (Å²) in [6.07, 6.45) is 2.03. The Morgan fingerprint density at radius 3 is 2.72 bits per heavy atom. The molecule has 0 amide bonds. The van der Waals surface area contributed by atoms with E-state index < -0.39 is 16.0 Å². The summed E-state index contributed by atoms with van der Waals surface area (Å²) in [4.78, 5) is 13.8. The number of methoxy groups -OCH3 is 1. The van der Waals surface area contributed by atoms with Crippen LogP contribution >= 0.6 is 0 Å². The number of carbonyl (C=O) groups is 1. The molecule has 0 atom stereocenters. The molecule has 7 heteroatoms. The molecule has 0 aliphatic heterocycles. The smallest absolute Gasteiger partial charge is 0.354 e. The van der Waals surface area contributed by atoms with E-state index in [1.165, 1.54) is 19.4 Å². The molecular formula is C11H18N2O4S. The standard InChI is InChI=1S/C11H18N2O4S/c1-8(2)4-5-13-18(15,16)9-6-10(12-7-9)11(14)17-3/h6-8,12-13H,4-5H2,1-3H3. The van der Waals surface area contributed by atoms with Crippen LogP contribution in [0.5, 0.6) is 0 Å². The average Bonchev–Trinajstić information content (AvgIpc) is 2.77. The molecule has 0 aliphatic carbocycles. The summed E-state index contributed by atoms with van der Waals surface area (Å²) in [6.45, 7) is 4.40. The summed E-state index contributed by atoms with van der Waals surface area (Å²) in [6, 6.07) is 1.25. The fraction of sp³-hybridized carbons (Fsp3) is 0.545. The van der Waals surface area contributed by atoms with Crippen LogP contribution < -0.4 is 4.72 Å². The van der Waals surface area contributed by atoms with Crippen LogP contribution in [0.4, 0.5) is 0 Å². The van der Waals surface area contributed by atoms with Gasteiger partial charge in [0.2, 0.25) is 10.0 Å². The van der Waals surface area contributed by atoms with Gasteiger partial charge >= 0.3 is 5.97 Å². The Kier molecular flexibility index (Phi) is 4.92. The summed E-state index contributed by atoms with van der Waals surface area (Å²) in [5, 5.41) is 0. The third-order valence-corrected chi connectivity index (χ3v) is 3.83. The number of sulfonamides is 1. The van der Waals surface area contributed by atoms with Gasteiger partial charge in [0.05, 0.1) is 7.11 Å². The lowest BCUT2D eigenvalue weighted by Gasteiger charge is -2.06. The summed E-state index contributed by atoms with van der Waals surface area (Å²) in [5.41, 5.74) is 0.113. The van der Waals surface area contributed by atoms with Crippen molar-refractivity contribution < 1.29 is 17.9 Å². The largest absolute Gasteiger partial charge is 0.464 e. The first-order valence-electron chi connectivity index (χ1n) is 5.63. The Balaban J connectivity index is 2.73. The van der Waals surface area contributed by atoms with Crippen molar-refractivity contribution in [2.75, 3.05) is 13.7 Å². The van der Waals surface area contributed by atoms with Crippen LogP contribution in [-0.4, -0.2) is 33.0 Å². The fourth-order valence-electron chi connectivity index (χ4n) is 1.32. The molecule has 6 nitrogen and oxygen atoms in total. The minimum atomic E-state index is -3.57. The molecule has 0 spiro atoms. The van der Waals surface area contributed by atoms with E-state index in [1.54, 1.807) is 0 Å². The quantitative estimate of drug-likeness (QED) is 0.761. The van der Waals surface area contributed by atoms with E-state index in [4.69, 9.17) is 0 Å². The van der Waals surface area contributed by atoms with Crippen molar-refractivity contribution in [1.29, 1.82) is 0 Å². The van der Waals surface area contributed by atoms with E-state index >= 15 is 0 Å². The van der Waals surface area contributed by atoms with Gasteiger partial charge in [0.1, 0.15) is 10.6 Å². The lowest BCUT2D eigenvalue weighted by molar-refractivity contribution is 0.0595. The van der Waals surface area contributed by atoms with Crippen molar-refractivity contribution in [3.8, 4) is 0 Å². The minimum Gasteiger partial charge on any atom is -0.464 e. The molecule has 0 saturated carbocycles. The Morgan fingerprint density at radius 1 is 1.50 bits per heavy atom. The van der Waals surface area contributed by atoms with Crippen LogP contribution in [0, 0.1) is 5.92 Å². The van der Waals surface area contributed by atoms with E-state index in [1.807, 2.05) is 13.8 Å². The average molecular weight is 274 g/mol. The number of aromatic nitrogens is 1. The van der Waals surface area contributed by atoms with Gasteiger partial charge in [0, 0.05) is 12.7 Å². The molecular weight excluding hydrogens is 256 g/mol. The molecule has 0 aliphatic rings. The number of aromatic amines is 1. The van der Waals surface area contributed by atoms with Crippen molar-refractivity contribution in [2.24, 2.45) is 5.92 Å². The normalized spacial score (nSPS) is 11.8. The number of esters is 1. The number of ether oxygens (including phenoxy) is 1. The number of nitrogens with one attached hydrogen (secondary N) is 2. The molecule has 102 valence electrons. The first-order valence-corrected chi connectivity index (χ1v) is 7.11. The summed E-state index contributed by atoms with van der Waals surface area (Å²) < 4.78 is 30.7. The molecule has 1 rings (SSSR count). The molecule has 0 fully saturated rings. The fourth-order valence-corrected chi connectivity index (χ4v) is 2.36. The molecule has 1 heterocycles. The summed E-state index contributed by atoms with van der Waals surface area (Å²) in [5.74, 6) is -0.178. The van der Waals surface area contributed by atoms with Gasteiger partial charge in [0.25, 0.3) is 0 Å². The van der Waals surface area contributed by atoms with Crippen LogP contribution in [0.25, 0.3) is 0 Å². The van der Waals surface area contributed by atoms with Gasteiger partial charge in [0.15, 0.2) is 0 Å². The van der Waals surface area contributed by atoms with Gasteiger partial charge in [-0.15, -0.1) is 0 Å². The molecule has 2 N–H and O–H groups in total. The number of H-pyrrole nitrogens is 1. The zero-order valence-corrected chi connectivity index (χ0v) is 11.5. The Labute approximate surface area is 107 Å². The van der Waals surface area contributed by atoms with E-state index in [0.29, 0.717) is 12.5 Å². The van der Waals surface area contributed by atoms with Gasteiger partial charge in [-0.1, -0.05) is 13.8 Å². The minimum absolute atomic E-state index is 0.0339. The molecule has 1 aromatic rings. The van der Waals surface area contributed by atoms with Crippen LogP contribution in [0.2, 0.25) is 0 Å². The number of carbonyl (C=O) groups excluding carboxylic acids is 1. The topological polar surface area (TPSA) is 88.3 Å². The van der Waals surface area contributed by atoms with Crippen molar-refractivity contribution in [3.63, 3.8) is 0 Å². The van der Waals surface area contributed by atoms with Gasteiger partial charge < -0.3 is 9.72 Å². The maximum absolute atomic E-state index is 11.9. The zero-order chi connectivity index (χ0) is 13.8. The SMILES string of the molecule is COC(=O)c1cc(S(=O)(=O)NCCC(C)C)c[nH]1. The highest BCUT2D eigenvalue weighted by molar-refractivity contribution is 7.89. The maximum atomic E-state index is 11.9. The lowest BCUT2D eigenvalue weighted by Crippen LogP contribution is -2.25. The van der Waals surface area contributed by atoms with Crippen LogP contribution in [0.1, 0.15) is 30.8 Å². The highest BCUT2D eigenvalue weighted by Crippen LogP contribution is 2.11. The molecule has 0 bridgehead atoms. The molecule has 1 aromatic heterocycles. The number of hydrogen-bond donors (Lipinski definition) is 2. The summed E-state index contributed by atoms with van der Waals surface area (Å²) >= 11 is 0. The monoisotopic (exact) mass is 274 g/mol. The first-order chi connectivity index (χ1) is 8.36. The second-order valence-electron chi connectivity index (χ2n) is 4.32. The van der Waals surface area contributed by atoms with Crippen molar-refractivity contribution >= 4 is 16.0 Å². The van der Waals surface area contributed by atoms with Crippen LogP contribution in [0.3, 0.4) is 0 Å². The van der Waals surface area contributed by atoms with E-state index in [2.05, 4.69) is 14.4 Å². The van der Waals surface area contributed by atoms with Gasteiger partial charge in [-0.05, 0) is 18.4 Å². The van der Waals surface area contributed by atoms with Crippen molar-refractivity contribution in [1.82, 2.24) is 9.71 Å². The second-order valence-corrected chi connectivity index (χ2v) is 6.09. The zero-order valence-electron chi connectivity index (χ0n) is 10.7. The van der Waals surface area contributed by atoms with Crippen LogP contribution in [0.15, 0.2) is 17.2 Å². The van der Waals surface area contributed by atoms with Crippen molar-refractivity contribution in [2.45, 2.75) is 25.2 Å². The van der Waals surface area contributed by atoms with Gasteiger partial charge in [-0.3, -0.25) is 0 Å². The molecule has 0 radical (unpaired) electrons. The van der Waals surface area contributed by atoms with Crippen LogP contribution in [-0.2, 0) is 14.8 Å². The Morgan fingerprint density at radius 2 is 2.17 bits per heavy atom. The highest BCUT2D eigenvalue weighted by atomic mass is 32.2. The molecule has 0 unspecified atom stereocenters. The highest BCUT2D eigenvalue weighted by Gasteiger charge is 2.18. The van der Waals surface area contributed by atoms with E-state index in [9.17, 15) is 13.2 Å². The molecule has 0 saturated heterocycles. The van der Waals surface area contributed by atoms with E-state index in [0.717, 1.165) is 6.42 Å². The predicted molar refractivity (Wildman–Crippen MR) is 66.8 cm³/mol. The Hall–Kier alpha value is -1.34. The second kappa shape index (κ2) is 6.01. The third-order valence-electron chi connectivity index (χ3n) is 2.39. The maximum Gasteiger partial charge on any atom is 0.354 e. The van der Waals surface area contributed by atoms with E-state index in [-0.39, 0.29) is 10.6 Å². The molecule has 0 aromatic carbocycles. The van der Waals surface area contributed by atoms with Crippen molar-refractivity contribution in [3.05, 3.63) is 18.0 Å². The van der Waals surface area contributed by atoms with Gasteiger partial charge in [-0.25, -0.2) is 17.9 Å². The van der Waals surface area contributed by atoms with Gasteiger partial charge in [-0.2, -0.15) is 0 Å². The summed E-state index contributed by atoms with van der Waals surface area (Å²) in [7, 11) is -2.33. The molecule has 18 heavy (non-hydrogen) atoms. The first kappa shape index (κ1) is 14.7. The Bertz CT molecular complexity index is 505. The lowest BCUT2D eigenvalue weighted by atomic mass is 10.1.